The molecule has 2 heteroatoms. The third kappa shape index (κ3) is 21.6. The fourth-order valence-electron chi connectivity index (χ4n) is 6.15. The van der Waals surface area contributed by atoms with Crippen LogP contribution in [-0.4, -0.2) is 4.57 Å². The van der Waals surface area contributed by atoms with E-state index in [1.807, 2.05) is 0 Å². The SMILES string of the molecule is CCCCCCCCCCCCCCCCCc1n(CCCCCCCC)cc[n+]1CCCCCCCCC. The summed E-state index contributed by atoms with van der Waals surface area (Å²) in [6.45, 7) is 9.39. The Balaban J connectivity index is 2.23. The van der Waals surface area contributed by atoms with E-state index in [-0.39, 0.29) is 0 Å². The molecule has 0 aliphatic carbocycles. The van der Waals surface area contributed by atoms with Gasteiger partial charge in [0.2, 0.25) is 0 Å². The lowest BCUT2D eigenvalue weighted by Gasteiger charge is -2.07. The summed E-state index contributed by atoms with van der Waals surface area (Å²) in [6, 6.07) is 0. The van der Waals surface area contributed by atoms with Crippen LogP contribution in [0.5, 0.6) is 0 Å². The van der Waals surface area contributed by atoms with Gasteiger partial charge in [0.1, 0.15) is 12.4 Å². The van der Waals surface area contributed by atoms with Gasteiger partial charge in [-0.2, -0.15) is 0 Å². The van der Waals surface area contributed by atoms with Gasteiger partial charge in [0.15, 0.2) is 0 Å². The fourth-order valence-corrected chi connectivity index (χ4v) is 6.15. The Hall–Kier alpha value is -0.790. The number of nitrogens with zero attached hydrogens (tertiary/aromatic N) is 2. The third-order valence-electron chi connectivity index (χ3n) is 8.85. The van der Waals surface area contributed by atoms with E-state index in [1.54, 1.807) is 5.82 Å². The summed E-state index contributed by atoms with van der Waals surface area (Å²) in [5.74, 6) is 1.62. The molecule has 1 rings (SSSR count). The molecule has 0 aliphatic rings. The van der Waals surface area contributed by atoms with E-state index in [9.17, 15) is 0 Å². The van der Waals surface area contributed by atoms with Crippen LogP contribution in [0.4, 0.5) is 0 Å². The smallest absolute Gasteiger partial charge is 0.234 e. The van der Waals surface area contributed by atoms with Gasteiger partial charge in [0.05, 0.1) is 13.1 Å². The topological polar surface area (TPSA) is 8.81 Å². The summed E-state index contributed by atoms with van der Waals surface area (Å²) < 4.78 is 5.23. The van der Waals surface area contributed by atoms with Crippen molar-refractivity contribution in [2.45, 2.75) is 220 Å². The van der Waals surface area contributed by atoms with E-state index >= 15 is 0 Å². The molecular formula is C37H73N2+. The lowest BCUT2D eigenvalue weighted by atomic mass is 10.0. The average molecular weight is 546 g/mol. The largest absolute Gasteiger partial charge is 0.256 e. The monoisotopic (exact) mass is 546 g/mol. The number of aryl methyl sites for hydroxylation is 2. The minimum Gasteiger partial charge on any atom is -0.234 e. The Morgan fingerprint density at radius 2 is 0.795 bits per heavy atom. The van der Waals surface area contributed by atoms with Crippen LogP contribution in [0.25, 0.3) is 0 Å². The second-order valence-electron chi connectivity index (χ2n) is 12.7. The molecule has 0 saturated heterocycles. The van der Waals surface area contributed by atoms with E-state index in [2.05, 4.69) is 42.3 Å². The maximum absolute atomic E-state index is 2.62. The third-order valence-corrected chi connectivity index (χ3v) is 8.85. The van der Waals surface area contributed by atoms with Gasteiger partial charge < -0.3 is 0 Å². The highest BCUT2D eigenvalue weighted by Gasteiger charge is 2.16. The first-order valence-electron chi connectivity index (χ1n) is 18.4. The zero-order valence-corrected chi connectivity index (χ0v) is 27.5. The average Bonchev–Trinajstić information content (AvgIpc) is 3.33. The predicted molar refractivity (Wildman–Crippen MR) is 175 cm³/mol. The van der Waals surface area contributed by atoms with Gasteiger partial charge in [-0.15, -0.1) is 0 Å². The molecule has 0 unspecified atom stereocenters. The molecule has 0 bridgehead atoms. The van der Waals surface area contributed by atoms with Crippen molar-refractivity contribution in [2.24, 2.45) is 0 Å². The second kappa shape index (κ2) is 28.7. The number of imidazole rings is 1. The van der Waals surface area contributed by atoms with Crippen molar-refractivity contribution in [2.75, 3.05) is 0 Å². The maximum Gasteiger partial charge on any atom is 0.256 e. The van der Waals surface area contributed by atoms with Gasteiger partial charge in [-0.3, -0.25) is 0 Å². The van der Waals surface area contributed by atoms with Crippen molar-refractivity contribution in [3.63, 3.8) is 0 Å². The predicted octanol–water partition coefficient (Wildman–Crippen LogP) is 12.3. The van der Waals surface area contributed by atoms with E-state index in [0.29, 0.717) is 0 Å². The number of hydrogen-bond acceptors (Lipinski definition) is 0. The van der Waals surface area contributed by atoms with Crippen LogP contribution in [-0.2, 0) is 19.5 Å². The van der Waals surface area contributed by atoms with E-state index in [4.69, 9.17) is 0 Å². The normalized spacial score (nSPS) is 11.6. The molecule has 1 aromatic heterocycles. The zero-order chi connectivity index (χ0) is 28.1. The van der Waals surface area contributed by atoms with Gasteiger partial charge in [-0.05, 0) is 32.1 Å². The van der Waals surface area contributed by atoms with Crippen LogP contribution in [0.3, 0.4) is 0 Å². The quantitative estimate of drug-likeness (QED) is 0.0648. The molecule has 2 nitrogen and oxygen atoms in total. The number of hydrogen-bond donors (Lipinski definition) is 0. The lowest BCUT2D eigenvalue weighted by Crippen LogP contribution is -2.37. The number of unbranched alkanes of at least 4 members (excludes halogenated alkanes) is 25. The molecule has 0 aliphatic heterocycles. The highest BCUT2D eigenvalue weighted by molar-refractivity contribution is 4.84. The molecule has 0 spiro atoms. The van der Waals surface area contributed by atoms with E-state index < -0.39 is 0 Å². The summed E-state index contributed by atoms with van der Waals surface area (Å²) in [5, 5.41) is 0. The van der Waals surface area contributed by atoms with Crippen LogP contribution < -0.4 is 4.57 Å². The summed E-state index contributed by atoms with van der Waals surface area (Å²) in [5.41, 5.74) is 0. The highest BCUT2D eigenvalue weighted by Crippen LogP contribution is 2.15. The molecular weight excluding hydrogens is 472 g/mol. The summed E-state index contributed by atoms with van der Waals surface area (Å²) in [4.78, 5) is 0. The molecule has 230 valence electrons. The fraction of sp³-hybridized carbons (Fsp3) is 0.919. The van der Waals surface area contributed by atoms with Crippen molar-refractivity contribution >= 4 is 0 Å². The Morgan fingerprint density at radius 3 is 1.23 bits per heavy atom. The van der Waals surface area contributed by atoms with Gasteiger partial charge in [0, 0.05) is 6.42 Å². The minimum atomic E-state index is 1.23. The van der Waals surface area contributed by atoms with Crippen LogP contribution in [0.1, 0.15) is 206 Å². The molecule has 0 atom stereocenters. The molecule has 0 amide bonds. The first kappa shape index (κ1) is 36.2. The van der Waals surface area contributed by atoms with Gasteiger partial charge in [-0.25, -0.2) is 9.13 Å². The van der Waals surface area contributed by atoms with Gasteiger partial charge in [-0.1, -0.05) is 168 Å². The van der Waals surface area contributed by atoms with Crippen LogP contribution in [0.15, 0.2) is 12.4 Å². The Bertz CT molecular complexity index is 605. The van der Waals surface area contributed by atoms with Crippen LogP contribution in [0, 0.1) is 0 Å². The summed E-state index contributed by atoms with van der Waals surface area (Å²) in [7, 11) is 0. The van der Waals surface area contributed by atoms with Gasteiger partial charge >= 0.3 is 0 Å². The zero-order valence-electron chi connectivity index (χ0n) is 27.5. The van der Waals surface area contributed by atoms with Crippen molar-refractivity contribution in [3.8, 4) is 0 Å². The van der Waals surface area contributed by atoms with E-state index in [0.717, 1.165) is 0 Å². The molecule has 1 aromatic rings. The molecule has 0 fully saturated rings. The van der Waals surface area contributed by atoms with Crippen molar-refractivity contribution < 1.29 is 4.57 Å². The Labute approximate surface area is 247 Å². The molecule has 0 saturated carbocycles. The lowest BCUT2D eigenvalue weighted by molar-refractivity contribution is -0.704. The molecule has 0 N–H and O–H groups in total. The Kier molecular flexibility index (Phi) is 26.7. The minimum absolute atomic E-state index is 1.23. The van der Waals surface area contributed by atoms with E-state index in [1.165, 1.54) is 199 Å². The van der Waals surface area contributed by atoms with Crippen molar-refractivity contribution in [1.29, 1.82) is 0 Å². The van der Waals surface area contributed by atoms with Crippen LogP contribution in [0.2, 0.25) is 0 Å². The molecule has 0 radical (unpaired) electrons. The number of rotatable bonds is 31. The maximum atomic E-state index is 2.62. The molecule has 39 heavy (non-hydrogen) atoms. The van der Waals surface area contributed by atoms with Gasteiger partial charge in [0.25, 0.3) is 5.82 Å². The highest BCUT2D eigenvalue weighted by atomic mass is 15.1. The Morgan fingerprint density at radius 1 is 0.436 bits per heavy atom. The second-order valence-corrected chi connectivity index (χ2v) is 12.7. The standard InChI is InChI=1S/C37H73N2/c1-4-7-10-13-16-17-18-19-20-21-22-23-24-26-29-32-37-38(33-30-27-15-12-9-6-3)35-36-39(37)34-31-28-25-14-11-8-5-2/h35-36H,4-34H2,1-3H3/q+1. The first-order valence-corrected chi connectivity index (χ1v) is 18.4. The number of aromatic nitrogens is 2. The summed E-state index contributed by atoms with van der Waals surface area (Å²) >= 11 is 0. The van der Waals surface area contributed by atoms with Crippen molar-refractivity contribution in [3.05, 3.63) is 18.2 Å². The summed E-state index contributed by atoms with van der Waals surface area (Å²) in [6.07, 6.45) is 45.9. The first-order chi connectivity index (χ1) is 19.3. The van der Waals surface area contributed by atoms with Crippen LogP contribution >= 0.6 is 0 Å². The van der Waals surface area contributed by atoms with Crippen molar-refractivity contribution in [1.82, 2.24) is 4.57 Å². The molecule has 0 aromatic carbocycles. The molecule has 1 heterocycles.